The number of aromatic amines is 1. The van der Waals surface area contributed by atoms with E-state index in [0.717, 1.165) is 41.6 Å². The molecular weight excluding hydrogens is 294 g/mol. The van der Waals surface area contributed by atoms with Crippen molar-refractivity contribution in [1.82, 2.24) is 25.1 Å². The minimum atomic E-state index is 0.0314. The summed E-state index contributed by atoms with van der Waals surface area (Å²) in [6, 6.07) is 3.95. The second-order valence-electron chi connectivity index (χ2n) is 5.92. The van der Waals surface area contributed by atoms with Gasteiger partial charge in [0, 0.05) is 37.5 Å². The summed E-state index contributed by atoms with van der Waals surface area (Å²) in [5.41, 5.74) is 3.61. The normalized spacial score (nSPS) is 17.7. The van der Waals surface area contributed by atoms with Crippen molar-refractivity contribution in [2.75, 3.05) is 26.8 Å². The van der Waals surface area contributed by atoms with E-state index < -0.39 is 0 Å². The number of methoxy groups -OCH3 is 1. The van der Waals surface area contributed by atoms with Crippen molar-refractivity contribution in [1.29, 1.82) is 0 Å². The fourth-order valence-electron chi connectivity index (χ4n) is 2.92. The number of nitrogens with zero attached hydrogens (tertiary/aromatic N) is 4. The maximum Gasteiger partial charge on any atom is 0.248 e. The van der Waals surface area contributed by atoms with E-state index in [1.54, 1.807) is 0 Å². The fraction of sp³-hybridized carbons (Fsp3) is 0.500. The van der Waals surface area contributed by atoms with Crippen LogP contribution in [0.1, 0.15) is 29.6 Å². The first kappa shape index (κ1) is 15.6. The molecule has 1 amide bonds. The van der Waals surface area contributed by atoms with Gasteiger partial charge in [0.05, 0.1) is 5.69 Å². The Balaban J connectivity index is 1.81. The summed E-state index contributed by atoms with van der Waals surface area (Å²) in [5, 5.41) is 7.20. The molecule has 1 aliphatic heterocycles. The molecule has 0 saturated carbocycles. The maximum absolute atomic E-state index is 11.9. The summed E-state index contributed by atoms with van der Waals surface area (Å²) in [6.07, 6.45) is 0.908. The zero-order valence-electron chi connectivity index (χ0n) is 13.7. The highest BCUT2D eigenvalue weighted by molar-refractivity contribution is 5.77. The van der Waals surface area contributed by atoms with Crippen LogP contribution in [0.25, 0.3) is 11.4 Å². The molecule has 1 fully saturated rings. The number of aromatic nitrogens is 4. The molecule has 23 heavy (non-hydrogen) atoms. The molecule has 1 aliphatic rings. The number of likely N-dealkylation sites (tertiary alicyclic amines) is 1. The SMILES string of the molecule is COCC(=O)N1CC[C@H](c2cc(-c3cc(C)[nH]n3)nc(C)n2)C1. The molecule has 3 rings (SSSR count). The average molecular weight is 315 g/mol. The number of aryl methyl sites for hydroxylation is 2. The van der Waals surface area contributed by atoms with Crippen molar-refractivity contribution in [3.05, 3.63) is 29.3 Å². The molecule has 1 atom stereocenters. The monoisotopic (exact) mass is 315 g/mol. The summed E-state index contributed by atoms with van der Waals surface area (Å²) in [6.45, 7) is 5.40. The van der Waals surface area contributed by atoms with E-state index in [-0.39, 0.29) is 18.4 Å². The van der Waals surface area contributed by atoms with Crippen molar-refractivity contribution in [2.45, 2.75) is 26.2 Å². The lowest BCUT2D eigenvalue weighted by atomic mass is 10.0. The molecule has 2 aromatic heterocycles. The third-order valence-electron chi connectivity index (χ3n) is 4.05. The lowest BCUT2D eigenvalue weighted by Crippen LogP contribution is -2.31. The van der Waals surface area contributed by atoms with Gasteiger partial charge in [-0.05, 0) is 32.4 Å². The van der Waals surface area contributed by atoms with Gasteiger partial charge in [-0.1, -0.05) is 0 Å². The van der Waals surface area contributed by atoms with Gasteiger partial charge in [0.2, 0.25) is 5.91 Å². The zero-order valence-corrected chi connectivity index (χ0v) is 13.7. The summed E-state index contributed by atoms with van der Waals surface area (Å²) in [5.74, 6) is 0.986. The number of rotatable bonds is 4. The number of carbonyl (C=O) groups excluding carboxylic acids is 1. The molecular formula is C16H21N5O2. The van der Waals surface area contributed by atoms with Crippen LogP contribution in [0.15, 0.2) is 12.1 Å². The quantitative estimate of drug-likeness (QED) is 0.923. The Kier molecular flexibility index (Phi) is 4.38. The van der Waals surface area contributed by atoms with Gasteiger partial charge >= 0.3 is 0 Å². The van der Waals surface area contributed by atoms with E-state index in [1.807, 2.05) is 30.9 Å². The van der Waals surface area contributed by atoms with Crippen molar-refractivity contribution in [3.8, 4) is 11.4 Å². The molecule has 0 aliphatic carbocycles. The van der Waals surface area contributed by atoms with Crippen LogP contribution >= 0.6 is 0 Å². The highest BCUT2D eigenvalue weighted by Crippen LogP contribution is 2.28. The first-order valence-corrected chi connectivity index (χ1v) is 7.71. The predicted octanol–water partition coefficient (Wildman–Crippen LogP) is 1.45. The number of nitrogens with one attached hydrogen (secondary N) is 1. The third kappa shape index (κ3) is 3.39. The van der Waals surface area contributed by atoms with Gasteiger partial charge in [-0.15, -0.1) is 0 Å². The Morgan fingerprint density at radius 1 is 1.35 bits per heavy atom. The van der Waals surface area contributed by atoms with Crippen LogP contribution in [0.5, 0.6) is 0 Å². The number of carbonyl (C=O) groups is 1. The van der Waals surface area contributed by atoms with E-state index in [2.05, 4.69) is 20.2 Å². The van der Waals surface area contributed by atoms with Gasteiger partial charge in [0.25, 0.3) is 0 Å². The van der Waals surface area contributed by atoms with Crippen molar-refractivity contribution >= 4 is 5.91 Å². The Bertz CT molecular complexity index is 712. The number of hydrogen-bond donors (Lipinski definition) is 1. The van der Waals surface area contributed by atoms with Crippen LogP contribution in [0.3, 0.4) is 0 Å². The van der Waals surface area contributed by atoms with Gasteiger partial charge in [-0.25, -0.2) is 9.97 Å². The van der Waals surface area contributed by atoms with E-state index >= 15 is 0 Å². The van der Waals surface area contributed by atoms with Crippen LogP contribution in [0, 0.1) is 13.8 Å². The standard InChI is InChI=1S/C16H21N5O2/c1-10-6-15(20-19-10)14-7-13(17-11(2)18-14)12-4-5-21(8-12)16(22)9-23-3/h6-7,12H,4-5,8-9H2,1-3H3,(H,19,20)/t12-/m0/s1. The topological polar surface area (TPSA) is 84.0 Å². The van der Waals surface area contributed by atoms with Crippen LogP contribution in [-0.4, -0.2) is 57.8 Å². The first-order chi connectivity index (χ1) is 11.1. The summed E-state index contributed by atoms with van der Waals surface area (Å²) < 4.78 is 4.93. The van der Waals surface area contributed by atoms with Crippen molar-refractivity contribution in [2.24, 2.45) is 0 Å². The molecule has 0 radical (unpaired) electrons. The fourth-order valence-corrected chi connectivity index (χ4v) is 2.92. The Hall–Kier alpha value is -2.28. The number of ether oxygens (including phenoxy) is 1. The van der Waals surface area contributed by atoms with Gasteiger partial charge in [0.15, 0.2) is 0 Å². The average Bonchev–Trinajstić information content (AvgIpc) is 3.16. The second-order valence-corrected chi connectivity index (χ2v) is 5.92. The van der Waals surface area contributed by atoms with Crippen LogP contribution in [-0.2, 0) is 9.53 Å². The molecule has 0 unspecified atom stereocenters. The van der Waals surface area contributed by atoms with Gasteiger partial charge < -0.3 is 9.64 Å². The van der Waals surface area contributed by atoms with Crippen molar-refractivity contribution in [3.63, 3.8) is 0 Å². The van der Waals surface area contributed by atoms with Crippen LogP contribution in [0.2, 0.25) is 0 Å². The molecule has 2 aromatic rings. The number of H-pyrrole nitrogens is 1. The number of hydrogen-bond acceptors (Lipinski definition) is 5. The minimum absolute atomic E-state index is 0.0314. The van der Waals surface area contributed by atoms with Crippen molar-refractivity contribution < 1.29 is 9.53 Å². The third-order valence-corrected chi connectivity index (χ3v) is 4.05. The molecule has 1 N–H and O–H groups in total. The Morgan fingerprint density at radius 2 is 2.17 bits per heavy atom. The highest BCUT2D eigenvalue weighted by atomic mass is 16.5. The molecule has 0 bridgehead atoms. The zero-order chi connectivity index (χ0) is 16.4. The molecule has 122 valence electrons. The van der Waals surface area contributed by atoms with E-state index in [4.69, 9.17) is 4.74 Å². The van der Waals surface area contributed by atoms with Gasteiger partial charge in [-0.3, -0.25) is 9.89 Å². The van der Waals surface area contributed by atoms with Crippen LogP contribution in [0.4, 0.5) is 0 Å². The lowest BCUT2D eigenvalue weighted by molar-refractivity contribution is -0.134. The largest absolute Gasteiger partial charge is 0.375 e. The molecule has 0 aromatic carbocycles. The molecule has 3 heterocycles. The summed E-state index contributed by atoms with van der Waals surface area (Å²) in [4.78, 5) is 22.8. The predicted molar refractivity (Wildman–Crippen MR) is 84.9 cm³/mol. The highest BCUT2D eigenvalue weighted by Gasteiger charge is 2.28. The van der Waals surface area contributed by atoms with E-state index in [0.29, 0.717) is 6.54 Å². The molecule has 7 nitrogen and oxygen atoms in total. The Morgan fingerprint density at radius 3 is 2.87 bits per heavy atom. The summed E-state index contributed by atoms with van der Waals surface area (Å²) in [7, 11) is 1.54. The molecule has 1 saturated heterocycles. The second kappa shape index (κ2) is 6.45. The van der Waals surface area contributed by atoms with Gasteiger partial charge in [-0.2, -0.15) is 5.10 Å². The van der Waals surface area contributed by atoms with E-state index in [9.17, 15) is 4.79 Å². The van der Waals surface area contributed by atoms with Gasteiger partial charge in [0.1, 0.15) is 18.1 Å². The smallest absolute Gasteiger partial charge is 0.248 e. The summed E-state index contributed by atoms with van der Waals surface area (Å²) >= 11 is 0. The van der Waals surface area contributed by atoms with E-state index in [1.165, 1.54) is 7.11 Å². The first-order valence-electron chi connectivity index (χ1n) is 7.71. The maximum atomic E-state index is 11.9. The molecule has 0 spiro atoms. The van der Waals surface area contributed by atoms with Crippen LogP contribution < -0.4 is 0 Å². The lowest BCUT2D eigenvalue weighted by Gasteiger charge is -2.16. The molecule has 7 heteroatoms. The minimum Gasteiger partial charge on any atom is -0.375 e. The Labute approximate surface area is 135 Å². The number of amides is 1.